The van der Waals surface area contributed by atoms with Gasteiger partial charge in [-0.05, 0) is 24.6 Å². The molecular weight excluding hydrogens is 264 g/mol. The SMILES string of the molecule is CC(C(=O)NCC1CNCC1O)c1cccc(Cl)c1. The highest BCUT2D eigenvalue weighted by atomic mass is 35.5. The molecule has 1 saturated heterocycles. The Kier molecular flexibility index (Phi) is 4.80. The van der Waals surface area contributed by atoms with Gasteiger partial charge in [0.25, 0.3) is 0 Å². The summed E-state index contributed by atoms with van der Waals surface area (Å²) in [6.45, 7) is 3.69. The summed E-state index contributed by atoms with van der Waals surface area (Å²) in [7, 11) is 0. The quantitative estimate of drug-likeness (QED) is 0.776. The molecule has 0 saturated carbocycles. The molecule has 0 bridgehead atoms. The maximum Gasteiger partial charge on any atom is 0.227 e. The molecule has 19 heavy (non-hydrogen) atoms. The van der Waals surface area contributed by atoms with Crippen LogP contribution in [0.5, 0.6) is 0 Å². The molecule has 0 radical (unpaired) electrons. The number of aliphatic hydroxyl groups excluding tert-OH is 1. The summed E-state index contributed by atoms with van der Waals surface area (Å²) >= 11 is 5.92. The number of halogens is 1. The second-order valence-electron chi connectivity index (χ2n) is 5.01. The lowest BCUT2D eigenvalue weighted by Crippen LogP contribution is -2.36. The number of amides is 1. The van der Waals surface area contributed by atoms with Crippen LogP contribution >= 0.6 is 11.6 Å². The molecular formula is C14H19ClN2O2. The van der Waals surface area contributed by atoms with Gasteiger partial charge in [-0.15, -0.1) is 0 Å². The lowest BCUT2D eigenvalue weighted by atomic mass is 10.00. The lowest BCUT2D eigenvalue weighted by Gasteiger charge is -2.17. The Morgan fingerprint density at radius 2 is 2.37 bits per heavy atom. The van der Waals surface area contributed by atoms with Crippen LogP contribution in [-0.4, -0.2) is 36.8 Å². The van der Waals surface area contributed by atoms with Crippen molar-refractivity contribution in [2.24, 2.45) is 5.92 Å². The summed E-state index contributed by atoms with van der Waals surface area (Å²) in [5.41, 5.74) is 0.898. The van der Waals surface area contributed by atoms with E-state index in [9.17, 15) is 9.90 Å². The highest BCUT2D eigenvalue weighted by molar-refractivity contribution is 6.30. The predicted molar refractivity (Wildman–Crippen MR) is 75.2 cm³/mol. The van der Waals surface area contributed by atoms with Crippen molar-refractivity contribution in [3.05, 3.63) is 34.9 Å². The smallest absolute Gasteiger partial charge is 0.227 e. The minimum Gasteiger partial charge on any atom is -0.391 e. The van der Waals surface area contributed by atoms with Crippen molar-refractivity contribution < 1.29 is 9.90 Å². The summed E-state index contributed by atoms with van der Waals surface area (Å²) in [5.74, 6) is -0.193. The molecule has 104 valence electrons. The van der Waals surface area contributed by atoms with E-state index in [2.05, 4.69) is 10.6 Å². The van der Waals surface area contributed by atoms with Crippen molar-refractivity contribution in [3.63, 3.8) is 0 Å². The Labute approximate surface area is 118 Å². The molecule has 1 aliphatic rings. The summed E-state index contributed by atoms with van der Waals surface area (Å²) < 4.78 is 0. The van der Waals surface area contributed by atoms with E-state index in [1.54, 1.807) is 12.1 Å². The van der Waals surface area contributed by atoms with Crippen LogP contribution in [0.15, 0.2) is 24.3 Å². The van der Waals surface area contributed by atoms with E-state index in [1.807, 2.05) is 19.1 Å². The van der Waals surface area contributed by atoms with Gasteiger partial charge in [0.15, 0.2) is 0 Å². The molecule has 0 spiro atoms. The van der Waals surface area contributed by atoms with Crippen LogP contribution in [0.3, 0.4) is 0 Å². The fraction of sp³-hybridized carbons (Fsp3) is 0.500. The monoisotopic (exact) mass is 282 g/mol. The van der Waals surface area contributed by atoms with E-state index < -0.39 is 0 Å². The Balaban J connectivity index is 1.89. The molecule has 1 aliphatic heterocycles. The number of carbonyl (C=O) groups is 1. The van der Waals surface area contributed by atoms with Gasteiger partial charge in [-0.25, -0.2) is 0 Å². The summed E-state index contributed by atoms with van der Waals surface area (Å²) in [5, 5.41) is 16.3. The second-order valence-corrected chi connectivity index (χ2v) is 5.44. The Morgan fingerprint density at radius 3 is 3.00 bits per heavy atom. The second kappa shape index (κ2) is 6.37. The molecule has 1 fully saturated rings. The van der Waals surface area contributed by atoms with Crippen LogP contribution < -0.4 is 10.6 Å². The maximum atomic E-state index is 12.1. The molecule has 0 aliphatic carbocycles. The van der Waals surface area contributed by atoms with Crippen molar-refractivity contribution >= 4 is 17.5 Å². The highest BCUT2D eigenvalue weighted by Gasteiger charge is 2.26. The van der Waals surface area contributed by atoms with E-state index in [4.69, 9.17) is 11.6 Å². The molecule has 1 aromatic carbocycles. The van der Waals surface area contributed by atoms with Gasteiger partial charge in [-0.3, -0.25) is 4.79 Å². The van der Waals surface area contributed by atoms with Crippen molar-refractivity contribution in [3.8, 4) is 0 Å². The Morgan fingerprint density at radius 1 is 1.58 bits per heavy atom. The molecule has 3 atom stereocenters. The van der Waals surface area contributed by atoms with Crippen LogP contribution in [-0.2, 0) is 4.79 Å². The van der Waals surface area contributed by atoms with Gasteiger partial charge in [0.1, 0.15) is 0 Å². The zero-order chi connectivity index (χ0) is 13.8. The van der Waals surface area contributed by atoms with Gasteiger partial charge in [0.05, 0.1) is 12.0 Å². The molecule has 0 aromatic heterocycles. The summed E-state index contributed by atoms with van der Waals surface area (Å²) in [4.78, 5) is 12.1. The summed E-state index contributed by atoms with van der Waals surface area (Å²) in [6.07, 6.45) is -0.373. The average Bonchev–Trinajstić information content (AvgIpc) is 2.80. The van der Waals surface area contributed by atoms with Gasteiger partial charge in [0, 0.05) is 30.6 Å². The maximum absolute atomic E-state index is 12.1. The molecule has 3 unspecified atom stereocenters. The van der Waals surface area contributed by atoms with Crippen LogP contribution in [0.4, 0.5) is 0 Å². The number of rotatable bonds is 4. The van der Waals surface area contributed by atoms with Gasteiger partial charge < -0.3 is 15.7 Å². The van der Waals surface area contributed by atoms with Gasteiger partial charge >= 0.3 is 0 Å². The van der Waals surface area contributed by atoms with Gasteiger partial charge in [0.2, 0.25) is 5.91 Å². The molecule has 4 nitrogen and oxygen atoms in total. The van der Waals surface area contributed by atoms with E-state index in [0.29, 0.717) is 18.1 Å². The molecule has 2 rings (SSSR count). The van der Waals surface area contributed by atoms with E-state index >= 15 is 0 Å². The number of nitrogens with one attached hydrogen (secondary N) is 2. The Bertz CT molecular complexity index is 453. The number of aliphatic hydroxyl groups is 1. The first kappa shape index (κ1) is 14.3. The van der Waals surface area contributed by atoms with Crippen LogP contribution in [0.1, 0.15) is 18.4 Å². The fourth-order valence-corrected chi connectivity index (χ4v) is 2.44. The minimum atomic E-state index is -0.373. The first-order valence-corrected chi connectivity index (χ1v) is 6.87. The first-order valence-electron chi connectivity index (χ1n) is 6.50. The van der Waals surface area contributed by atoms with E-state index in [0.717, 1.165) is 12.1 Å². The normalized spacial score (nSPS) is 24.2. The number of hydrogen-bond donors (Lipinski definition) is 3. The van der Waals surface area contributed by atoms with Crippen LogP contribution in [0, 0.1) is 5.92 Å². The number of carbonyl (C=O) groups excluding carboxylic acids is 1. The zero-order valence-electron chi connectivity index (χ0n) is 10.9. The number of β-amino-alcohol motifs (C(OH)–C–C–N with tert-alkyl or cyclic N) is 1. The average molecular weight is 283 g/mol. The predicted octanol–water partition coefficient (Wildman–Crippen LogP) is 1.14. The van der Waals surface area contributed by atoms with Crippen LogP contribution in [0.2, 0.25) is 5.02 Å². The van der Waals surface area contributed by atoms with Crippen molar-refractivity contribution in [1.29, 1.82) is 0 Å². The fourth-order valence-electron chi connectivity index (χ4n) is 2.24. The van der Waals surface area contributed by atoms with Crippen molar-refractivity contribution in [1.82, 2.24) is 10.6 Å². The molecule has 5 heteroatoms. The third-order valence-electron chi connectivity index (χ3n) is 3.58. The van der Waals surface area contributed by atoms with E-state index in [1.165, 1.54) is 0 Å². The summed E-state index contributed by atoms with van der Waals surface area (Å²) in [6, 6.07) is 7.32. The lowest BCUT2D eigenvalue weighted by molar-refractivity contribution is -0.122. The van der Waals surface area contributed by atoms with Gasteiger partial charge in [-0.1, -0.05) is 23.7 Å². The number of benzene rings is 1. The molecule has 1 amide bonds. The zero-order valence-corrected chi connectivity index (χ0v) is 11.7. The third-order valence-corrected chi connectivity index (χ3v) is 3.82. The topological polar surface area (TPSA) is 61.4 Å². The van der Waals surface area contributed by atoms with Crippen molar-refractivity contribution in [2.45, 2.75) is 18.9 Å². The number of hydrogen-bond acceptors (Lipinski definition) is 3. The molecule has 1 aromatic rings. The Hall–Kier alpha value is -1.10. The highest BCUT2D eigenvalue weighted by Crippen LogP contribution is 2.19. The minimum absolute atomic E-state index is 0.0404. The standard InChI is InChI=1S/C14H19ClN2O2/c1-9(10-3-2-4-12(15)5-10)14(19)17-7-11-6-16-8-13(11)18/h2-5,9,11,13,16,18H,6-8H2,1H3,(H,17,19). The third kappa shape index (κ3) is 3.69. The van der Waals surface area contributed by atoms with E-state index in [-0.39, 0.29) is 23.8 Å². The largest absolute Gasteiger partial charge is 0.391 e. The van der Waals surface area contributed by atoms with Crippen LogP contribution in [0.25, 0.3) is 0 Å². The van der Waals surface area contributed by atoms with Crippen molar-refractivity contribution in [2.75, 3.05) is 19.6 Å². The first-order chi connectivity index (χ1) is 9.08. The molecule has 3 N–H and O–H groups in total. The molecule has 1 heterocycles. The van der Waals surface area contributed by atoms with Gasteiger partial charge in [-0.2, -0.15) is 0 Å².